The Morgan fingerprint density at radius 1 is 1.25 bits per heavy atom. The van der Waals surface area contributed by atoms with E-state index in [-0.39, 0.29) is 12.0 Å². The largest absolute Gasteiger partial charge is 0.491 e. The molecule has 0 bridgehead atoms. The minimum absolute atomic E-state index is 0.0981. The molecule has 1 aliphatic heterocycles. The first-order valence-corrected chi connectivity index (χ1v) is 8.39. The molecule has 24 heavy (non-hydrogen) atoms. The van der Waals surface area contributed by atoms with Crippen molar-refractivity contribution in [3.8, 4) is 5.75 Å². The van der Waals surface area contributed by atoms with Crippen molar-refractivity contribution in [1.29, 1.82) is 0 Å². The molecule has 3 rings (SSSR count). The number of nitrogens with one attached hydrogen (secondary N) is 1. The number of rotatable bonds is 6. The Kier molecular flexibility index (Phi) is 5.49. The Hall–Kier alpha value is -2.33. The van der Waals surface area contributed by atoms with Crippen molar-refractivity contribution in [1.82, 2.24) is 5.32 Å². The maximum absolute atomic E-state index is 12.3. The van der Waals surface area contributed by atoms with Gasteiger partial charge in [-0.25, -0.2) is 0 Å². The highest BCUT2D eigenvalue weighted by molar-refractivity contribution is 5.94. The van der Waals surface area contributed by atoms with Crippen LogP contribution >= 0.6 is 0 Å². The number of hydrogen-bond donors (Lipinski definition) is 1. The van der Waals surface area contributed by atoms with Crippen LogP contribution in [0.3, 0.4) is 0 Å². The molecule has 126 valence electrons. The highest BCUT2D eigenvalue weighted by Crippen LogP contribution is 2.17. The third kappa shape index (κ3) is 4.59. The summed E-state index contributed by atoms with van der Waals surface area (Å²) >= 11 is 0. The summed E-state index contributed by atoms with van der Waals surface area (Å²) in [5.74, 6) is 0.604. The van der Waals surface area contributed by atoms with Crippen LogP contribution in [0.1, 0.15) is 34.3 Å². The highest BCUT2D eigenvalue weighted by atomic mass is 16.5. The van der Waals surface area contributed by atoms with Gasteiger partial charge in [-0.1, -0.05) is 35.9 Å². The van der Waals surface area contributed by atoms with Crippen molar-refractivity contribution in [3.63, 3.8) is 0 Å². The third-order valence-corrected chi connectivity index (χ3v) is 4.09. The van der Waals surface area contributed by atoms with Crippen LogP contribution in [-0.2, 0) is 11.3 Å². The molecule has 1 N–H and O–H groups in total. The van der Waals surface area contributed by atoms with Gasteiger partial charge in [0.1, 0.15) is 12.4 Å². The van der Waals surface area contributed by atoms with Gasteiger partial charge in [-0.2, -0.15) is 0 Å². The first-order valence-electron chi connectivity index (χ1n) is 8.39. The predicted octanol–water partition coefficient (Wildman–Crippen LogP) is 3.48. The molecule has 2 aromatic rings. The van der Waals surface area contributed by atoms with Crippen LogP contribution in [0.5, 0.6) is 5.75 Å². The summed E-state index contributed by atoms with van der Waals surface area (Å²) in [4.78, 5) is 12.3. The van der Waals surface area contributed by atoms with E-state index in [2.05, 4.69) is 11.4 Å². The molecule has 1 unspecified atom stereocenters. The standard InChI is InChI=1S/C20H23NO3/c1-15-5-2-6-16(11-15)13-21-20(22)17-7-3-8-18(12-17)24-14-19-9-4-10-23-19/h2-3,5-8,11-12,19H,4,9-10,13-14H2,1H3,(H,21,22). The number of amides is 1. The van der Waals surface area contributed by atoms with Crippen molar-refractivity contribution in [2.45, 2.75) is 32.4 Å². The second-order valence-electron chi connectivity index (χ2n) is 6.15. The number of benzene rings is 2. The average molecular weight is 325 g/mol. The van der Waals surface area contributed by atoms with Gasteiger partial charge < -0.3 is 14.8 Å². The van der Waals surface area contributed by atoms with Gasteiger partial charge in [0.25, 0.3) is 5.91 Å². The second kappa shape index (κ2) is 7.97. The van der Waals surface area contributed by atoms with Gasteiger partial charge >= 0.3 is 0 Å². The Bertz CT molecular complexity index is 693. The first kappa shape index (κ1) is 16.5. The zero-order valence-corrected chi connectivity index (χ0v) is 14.0. The van der Waals surface area contributed by atoms with Crippen LogP contribution in [0.25, 0.3) is 0 Å². The van der Waals surface area contributed by atoms with Crippen molar-refractivity contribution < 1.29 is 14.3 Å². The van der Waals surface area contributed by atoms with Crippen molar-refractivity contribution >= 4 is 5.91 Å². The van der Waals surface area contributed by atoms with Crippen LogP contribution < -0.4 is 10.1 Å². The number of ether oxygens (including phenoxy) is 2. The summed E-state index contributed by atoms with van der Waals surface area (Å²) in [6.07, 6.45) is 2.30. The van der Waals surface area contributed by atoms with E-state index in [4.69, 9.17) is 9.47 Å². The lowest BCUT2D eigenvalue weighted by atomic mass is 10.1. The smallest absolute Gasteiger partial charge is 0.251 e. The fourth-order valence-corrected chi connectivity index (χ4v) is 2.80. The predicted molar refractivity (Wildman–Crippen MR) is 93.3 cm³/mol. The Morgan fingerprint density at radius 3 is 2.92 bits per heavy atom. The van der Waals surface area contributed by atoms with Gasteiger partial charge in [0.05, 0.1) is 6.10 Å². The summed E-state index contributed by atoms with van der Waals surface area (Å²) in [5, 5.41) is 2.95. The maximum atomic E-state index is 12.3. The van der Waals surface area contributed by atoms with Crippen LogP contribution in [0.4, 0.5) is 0 Å². The molecule has 2 aromatic carbocycles. The molecule has 0 aliphatic carbocycles. The van der Waals surface area contributed by atoms with E-state index in [0.717, 1.165) is 25.0 Å². The lowest BCUT2D eigenvalue weighted by Gasteiger charge is -2.12. The Balaban J connectivity index is 1.55. The highest BCUT2D eigenvalue weighted by Gasteiger charge is 2.16. The maximum Gasteiger partial charge on any atom is 0.251 e. The molecule has 0 saturated carbocycles. The fourth-order valence-electron chi connectivity index (χ4n) is 2.80. The summed E-state index contributed by atoms with van der Waals surface area (Å²) in [7, 11) is 0. The summed E-state index contributed by atoms with van der Waals surface area (Å²) in [6, 6.07) is 15.4. The molecule has 0 aromatic heterocycles. The monoisotopic (exact) mass is 325 g/mol. The van der Waals surface area contributed by atoms with Crippen LogP contribution in [0, 0.1) is 6.92 Å². The molecule has 4 heteroatoms. The van der Waals surface area contributed by atoms with Crippen molar-refractivity contribution in [3.05, 3.63) is 65.2 Å². The molecule has 1 saturated heterocycles. The molecule has 1 fully saturated rings. The summed E-state index contributed by atoms with van der Waals surface area (Å²) < 4.78 is 11.3. The molecule has 4 nitrogen and oxygen atoms in total. The van der Waals surface area contributed by atoms with Crippen molar-refractivity contribution in [2.24, 2.45) is 0 Å². The Labute approximate surface area is 142 Å². The minimum Gasteiger partial charge on any atom is -0.491 e. The van der Waals surface area contributed by atoms with E-state index < -0.39 is 0 Å². The number of hydrogen-bond acceptors (Lipinski definition) is 3. The van der Waals surface area contributed by atoms with E-state index in [1.54, 1.807) is 12.1 Å². The van der Waals surface area contributed by atoms with E-state index in [9.17, 15) is 4.79 Å². The second-order valence-corrected chi connectivity index (χ2v) is 6.15. The summed E-state index contributed by atoms with van der Waals surface area (Å²) in [5.41, 5.74) is 2.88. The third-order valence-electron chi connectivity index (χ3n) is 4.09. The lowest BCUT2D eigenvalue weighted by molar-refractivity contribution is 0.0679. The molecule has 1 atom stereocenters. The van der Waals surface area contributed by atoms with Gasteiger partial charge in [0, 0.05) is 18.7 Å². The van der Waals surface area contributed by atoms with Gasteiger partial charge in [0.15, 0.2) is 0 Å². The number of aryl methyl sites for hydroxylation is 1. The molecule has 0 radical (unpaired) electrons. The minimum atomic E-state index is -0.0981. The van der Waals surface area contributed by atoms with Crippen LogP contribution in [0.2, 0.25) is 0 Å². The number of carbonyl (C=O) groups is 1. The molecule has 1 aliphatic rings. The zero-order valence-electron chi connectivity index (χ0n) is 14.0. The van der Waals surface area contributed by atoms with Crippen molar-refractivity contribution in [2.75, 3.05) is 13.2 Å². The topological polar surface area (TPSA) is 47.6 Å². The van der Waals surface area contributed by atoms with Crippen LogP contribution in [0.15, 0.2) is 48.5 Å². The molecule has 1 heterocycles. The van der Waals surface area contributed by atoms with Gasteiger partial charge in [0.2, 0.25) is 0 Å². The SMILES string of the molecule is Cc1cccc(CNC(=O)c2cccc(OCC3CCCO3)c2)c1. The first-order chi connectivity index (χ1) is 11.7. The quantitative estimate of drug-likeness (QED) is 0.884. The zero-order chi connectivity index (χ0) is 16.8. The van der Waals surface area contributed by atoms with Crippen LogP contribution in [-0.4, -0.2) is 25.2 Å². The molecule has 1 amide bonds. The number of carbonyl (C=O) groups excluding carboxylic acids is 1. The van der Waals surface area contributed by atoms with E-state index in [1.165, 1.54) is 5.56 Å². The van der Waals surface area contributed by atoms with E-state index in [1.807, 2.05) is 37.3 Å². The molecular formula is C20H23NO3. The average Bonchev–Trinajstić information content (AvgIpc) is 3.12. The normalized spacial score (nSPS) is 16.8. The summed E-state index contributed by atoms with van der Waals surface area (Å²) in [6.45, 7) is 3.91. The van der Waals surface area contributed by atoms with E-state index in [0.29, 0.717) is 24.5 Å². The fraction of sp³-hybridized carbons (Fsp3) is 0.350. The Morgan fingerprint density at radius 2 is 2.12 bits per heavy atom. The van der Waals surface area contributed by atoms with Gasteiger partial charge in [-0.05, 0) is 43.5 Å². The lowest BCUT2D eigenvalue weighted by Crippen LogP contribution is -2.23. The molecule has 0 spiro atoms. The molecular weight excluding hydrogens is 302 g/mol. The van der Waals surface area contributed by atoms with Gasteiger partial charge in [-0.15, -0.1) is 0 Å². The van der Waals surface area contributed by atoms with Gasteiger partial charge in [-0.3, -0.25) is 4.79 Å². The van der Waals surface area contributed by atoms with E-state index >= 15 is 0 Å².